The zero-order valence-electron chi connectivity index (χ0n) is 23.8. The summed E-state index contributed by atoms with van der Waals surface area (Å²) in [6.07, 6.45) is 6.79. The number of unbranched alkanes of at least 4 members (excludes halogenated alkanes) is 4. The molecule has 0 aliphatic carbocycles. The van der Waals surface area contributed by atoms with Crippen molar-refractivity contribution in [1.82, 2.24) is 10.6 Å². The number of hydrogen-bond acceptors (Lipinski definition) is 4. The molecule has 0 heterocycles. The minimum Gasteiger partial charge on any atom is -0.350 e. The van der Waals surface area contributed by atoms with Crippen LogP contribution in [0.2, 0.25) is 0 Å². The number of benzene rings is 2. The maximum absolute atomic E-state index is 12.3. The number of carbonyl (C=O) groups is 4. The molecule has 4 amide bonds. The molecule has 39 heavy (non-hydrogen) atoms. The average molecular weight is 537 g/mol. The summed E-state index contributed by atoms with van der Waals surface area (Å²) < 4.78 is 0. The number of hydrogen-bond donors (Lipinski definition) is 4. The van der Waals surface area contributed by atoms with E-state index in [1.54, 1.807) is 48.5 Å². The van der Waals surface area contributed by atoms with E-state index in [2.05, 4.69) is 21.3 Å². The van der Waals surface area contributed by atoms with Crippen molar-refractivity contribution in [2.45, 2.75) is 97.6 Å². The molecular formula is C31H44N4O4. The van der Waals surface area contributed by atoms with Crippen LogP contribution in [0.4, 0.5) is 11.4 Å². The summed E-state index contributed by atoms with van der Waals surface area (Å²) in [6.45, 7) is 7.93. The van der Waals surface area contributed by atoms with Gasteiger partial charge in [-0.05, 0) is 75.9 Å². The van der Waals surface area contributed by atoms with Crippen molar-refractivity contribution < 1.29 is 19.2 Å². The van der Waals surface area contributed by atoms with Crippen molar-refractivity contribution >= 4 is 35.0 Å². The highest BCUT2D eigenvalue weighted by Gasteiger charge is 2.11. The third kappa shape index (κ3) is 12.1. The van der Waals surface area contributed by atoms with E-state index in [1.165, 1.54) is 0 Å². The Morgan fingerprint density at radius 2 is 1.00 bits per heavy atom. The average Bonchev–Trinajstić information content (AvgIpc) is 2.92. The lowest BCUT2D eigenvalue weighted by molar-refractivity contribution is -0.117. The van der Waals surface area contributed by atoms with Gasteiger partial charge in [0.15, 0.2) is 0 Å². The highest BCUT2D eigenvalue weighted by Crippen LogP contribution is 2.15. The molecule has 2 aromatic rings. The largest absolute Gasteiger partial charge is 0.350 e. The summed E-state index contributed by atoms with van der Waals surface area (Å²) in [7, 11) is 0. The van der Waals surface area contributed by atoms with Gasteiger partial charge in [0, 0.05) is 47.4 Å². The predicted octanol–water partition coefficient (Wildman–Crippen LogP) is 6.05. The molecule has 8 heteroatoms. The first-order chi connectivity index (χ1) is 18.7. The fourth-order valence-electron chi connectivity index (χ4n) is 3.84. The molecule has 2 unspecified atom stereocenters. The van der Waals surface area contributed by atoms with E-state index < -0.39 is 0 Å². The van der Waals surface area contributed by atoms with Crippen LogP contribution < -0.4 is 21.3 Å². The smallest absolute Gasteiger partial charge is 0.251 e. The van der Waals surface area contributed by atoms with Crippen molar-refractivity contribution in [3.63, 3.8) is 0 Å². The molecule has 0 aliphatic rings. The van der Waals surface area contributed by atoms with E-state index in [9.17, 15) is 19.2 Å². The Bertz CT molecular complexity index is 1020. The van der Waals surface area contributed by atoms with Crippen LogP contribution >= 0.6 is 0 Å². The Kier molecular flexibility index (Phi) is 13.8. The molecule has 2 rings (SSSR count). The van der Waals surface area contributed by atoms with Gasteiger partial charge in [-0.2, -0.15) is 0 Å². The fourth-order valence-corrected chi connectivity index (χ4v) is 3.84. The van der Waals surface area contributed by atoms with E-state index in [0.717, 1.165) is 44.9 Å². The molecule has 8 nitrogen and oxygen atoms in total. The second-order valence-electron chi connectivity index (χ2n) is 10.1. The Hall–Kier alpha value is -3.68. The minimum atomic E-state index is -0.146. The Balaban J connectivity index is 1.62. The summed E-state index contributed by atoms with van der Waals surface area (Å²) in [4.78, 5) is 49.2. The lowest BCUT2D eigenvalue weighted by atomic mass is 10.1. The molecule has 2 atom stereocenters. The second-order valence-corrected chi connectivity index (χ2v) is 10.1. The van der Waals surface area contributed by atoms with Gasteiger partial charge in [-0.1, -0.05) is 45.2 Å². The highest BCUT2D eigenvalue weighted by atomic mass is 16.2. The van der Waals surface area contributed by atoms with Crippen LogP contribution in [-0.2, 0) is 9.59 Å². The van der Waals surface area contributed by atoms with Crippen LogP contribution in [0.25, 0.3) is 0 Å². The third-order valence-corrected chi connectivity index (χ3v) is 6.60. The van der Waals surface area contributed by atoms with Crippen molar-refractivity contribution in [2.24, 2.45) is 0 Å². The zero-order chi connectivity index (χ0) is 28.6. The first kappa shape index (κ1) is 31.5. The molecule has 0 aromatic heterocycles. The lowest BCUT2D eigenvalue weighted by Gasteiger charge is -2.12. The highest BCUT2D eigenvalue weighted by molar-refractivity contribution is 5.98. The Labute approximate surface area is 232 Å². The van der Waals surface area contributed by atoms with E-state index in [-0.39, 0.29) is 35.7 Å². The normalized spacial score (nSPS) is 12.2. The molecule has 0 aliphatic heterocycles. The van der Waals surface area contributed by atoms with Gasteiger partial charge in [0.1, 0.15) is 0 Å². The van der Waals surface area contributed by atoms with Gasteiger partial charge in [-0.25, -0.2) is 0 Å². The molecular weight excluding hydrogens is 492 g/mol. The summed E-state index contributed by atoms with van der Waals surface area (Å²) >= 11 is 0. The number of anilines is 2. The van der Waals surface area contributed by atoms with Gasteiger partial charge >= 0.3 is 0 Å². The van der Waals surface area contributed by atoms with Crippen molar-refractivity contribution in [3.05, 3.63) is 59.7 Å². The number of rotatable bonds is 16. The van der Waals surface area contributed by atoms with Gasteiger partial charge in [-0.15, -0.1) is 0 Å². The van der Waals surface area contributed by atoms with E-state index >= 15 is 0 Å². The summed E-state index contributed by atoms with van der Waals surface area (Å²) in [5.74, 6) is -0.443. The van der Waals surface area contributed by atoms with Crippen LogP contribution in [0.15, 0.2) is 48.5 Å². The topological polar surface area (TPSA) is 116 Å². The molecule has 0 spiro atoms. The first-order valence-electron chi connectivity index (χ1n) is 14.1. The second kappa shape index (κ2) is 17.0. The molecule has 0 saturated carbocycles. The molecule has 0 saturated heterocycles. The molecule has 4 N–H and O–H groups in total. The molecule has 0 bridgehead atoms. The summed E-state index contributed by atoms with van der Waals surface area (Å²) in [6, 6.07) is 14.1. The zero-order valence-corrected chi connectivity index (χ0v) is 23.8. The van der Waals surface area contributed by atoms with Gasteiger partial charge in [-0.3, -0.25) is 19.2 Å². The quantitative estimate of drug-likeness (QED) is 0.195. The summed E-state index contributed by atoms with van der Waals surface area (Å²) in [5, 5.41) is 11.6. The fraction of sp³-hybridized carbons (Fsp3) is 0.484. The maximum atomic E-state index is 12.3. The van der Waals surface area contributed by atoms with E-state index in [0.29, 0.717) is 35.3 Å². The van der Waals surface area contributed by atoms with Crippen LogP contribution in [0.1, 0.15) is 106 Å². The van der Waals surface area contributed by atoms with Gasteiger partial charge in [0.05, 0.1) is 0 Å². The molecule has 0 fully saturated rings. The van der Waals surface area contributed by atoms with Gasteiger partial charge < -0.3 is 21.3 Å². The lowest BCUT2D eigenvalue weighted by Crippen LogP contribution is -2.31. The van der Waals surface area contributed by atoms with Crippen molar-refractivity contribution in [3.8, 4) is 0 Å². The molecule has 2 aromatic carbocycles. The standard InChI is InChI=1S/C31H44N4O4/c1-5-22(3)32-30(38)24-14-12-16-26(20-24)34-28(36)18-10-8-7-9-11-19-29(37)35-27-17-13-15-25(21-27)31(39)33-23(4)6-2/h12-17,20-23H,5-11,18-19H2,1-4H3,(H,32,38)(H,33,39)(H,34,36)(H,35,37). The van der Waals surface area contributed by atoms with E-state index in [1.807, 2.05) is 27.7 Å². The van der Waals surface area contributed by atoms with Crippen LogP contribution in [0.3, 0.4) is 0 Å². The van der Waals surface area contributed by atoms with Gasteiger partial charge in [0.2, 0.25) is 11.8 Å². The van der Waals surface area contributed by atoms with E-state index in [4.69, 9.17) is 0 Å². The Morgan fingerprint density at radius 1 is 0.615 bits per heavy atom. The maximum Gasteiger partial charge on any atom is 0.251 e. The first-order valence-corrected chi connectivity index (χ1v) is 14.1. The van der Waals surface area contributed by atoms with Crippen molar-refractivity contribution in [1.29, 1.82) is 0 Å². The van der Waals surface area contributed by atoms with Gasteiger partial charge in [0.25, 0.3) is 11.8 Å². The number of carbonyl (C=O) groups excluding carboxylic acids is 4. The minimum absolute atomic E-state index is 0.0751. The van der Waals surface area contributed by atoms with Crippen LogP contribution in [0, 0.1) is 0 Å². The summed E-state index contributed by atoms with van der Waals surface area (Å²) in [5.41, 5.74) is 2.28. The van der Waals surface area contributed by atoms with Crippen LogP contribution in [-0.4, -0.2) is 35.7 Å². The monoisotopic (exact) mass is 536 g/mol. The number of amides is 4. The molecule has 0 radical (unpaired) electrons. The number of nitrogens with one attached hydrogen (secondary N) is 4. The molecule has 212 valence electrons. The Morgan fingerprint density at radius 3 is 1.38 bits per heavy atom. The predicted molar refractivity (Wildman–Crippen MR) is 157 cm³/mol. The van der Waals surface area contributed by atoms with Crippen LogP contribution in [0.5, 0.6) is 0 Å². The third-order valence-electron chi connectivity index (χ3n) is 6.60. The SMILES string of the molecule is CCC(C)NC(=O)c1cccc(NC(=O)CCCCCCCC(=O)Nc2cccc(C(=O)NC(C)CC)c2)c1. The van der Waals surface area contributed by atoms with Crippen molar-refractivity contribution in [2.75, 3.05) is 10.6 Å².